The number of benzene rings is 1. The van der Waals surface area contributed by atoms with Crippen LogP contribution in [0.25, 0.3) is 0 Å². The third-order valence-electron chi connectivity index (χ3n) is 10.9. The lowest BCUT2D eigenvalue weighted by Crippen LogP contribution is -2.74. The van der Waals surface area contributed by atoms with Gasteiger partial charge in [-0.1, -0.05) is 38.5 Å². The van der Waals surface area contributed by atoms with Crippen LogP contribution in [0, 0.1) is 23.7 Å². The number of aliphatic hydroxyl groups is 3. The smallest absolute Gasteiger partial charge is 0.297 e. The first kappa shape index (κ1) is 34.6. The average molecular weight is 653 g/mol. The third-order valence-corrected chi connectivity index (χ3v) is 12.2. The van der Waals surface area contributed by atoms with E-state index >= 15 is 0 Å². The van der Waals surface area contributed by atoms with Gasteiger partial charge in [-0.15, -0.1) is 0 Å². The lowest BCUT2D eigenvalue weighted by Gasteiger charge is -2.62. The number of ketones is 1. The molecule has 1 saturated heterocycles. The fraction of sp³-hybridized carbons (Fsp3) is 0.727. The van der Waals surface area contributed by atoms with Crippen molar-refractivity contribution in [2.24, 2.45) is 16.7 Å². The Morgan fingerprint density at radius 3 is 2.24 bits per heavy atom. The van der Waals surface area contributed by atoms with Crippen molar-refractivity contribution in [3.63, 3.8) is 0 Å². The Kier molecular flexibility index (Phi) is 8.37. The molecule has 4 aliphatic rings. The number of hydrogen-bond acceptors (Lipinski definition) is 11. The summed E-state index contributed by atoms with van der Waals surface area (Å²) in [7, 11) is -2.89. The standard InChI is InChI=1S/C33H48O11S/c1-19-10-12-21(13-11-19)45(38,39)42-17-31(36)22(34)15-24(43-28(3,4)5)30(8)16-25(41-18-40-9)32(37)20(2)14-23(35)33(29(32,6)7)27(44-33)26(30)31/h10-14,22,24-27,34,36-37H,15-18H2,1-9H3/t22-,24-,25+,26+,27+,30+,31+,32-,33+/m0/s1. The van der Waals surface area contributed by atoms with Crippen molar-refractivity contribution in [2.75, 3.05) is 20.5 Å². The number of fused-ring (bicyclic) bond motifs is 3. The summed E-state index contributed by atoms with van der Waals surface area (Å²) in [5, 5.41) is 36.9. The Labute approximate surface area is 266 Å². The highest BCUT2D eigenvalue weighted by atomic mass is 32.2. The second-order valence-electron chi connectivity index (χ2n) is 15.1. The van der Waals surface area contributed by atoms with Gasteiger partial charge in [0.2, 0.25) is 0 Å². The first-order valence-electron chi connectivity index (χ1n) is 15.4. The highest BCUT2D eigenvalue weighted by Crippen LogP contribution is 2.70. The Morgan fingerprint density at radius 2 is 1.67 bits per heavy atom. The van der Waals surface area contributed by atoms with Gasteiger partial charge >= 0.3 is 0 Å². The van der Waals surface area contributed by atoms with E-state index in [2.05, 4.69) is 0 Å². The third kappa shape index (κ3) is 5.07. The van der Waals surface area contributed by atoms with Crippen molar-refractivity contribution >= 4 is 15.9 Å². The molecule has 1 aliphatic heterocycles. The molecular formula is C33H48O11S. The predicted molar refractivity (Wildman–Crippen MR) is 163 cm³/mol. The maximum Gasteiger partial charge on any atom is 0.297 e. The van der Waals surface area contributed by atoms with Crippen LogP contribution in [-0.4, -0.2) is 96.9 Å². The fourth-order valence-corrected chi connectivity index (χ4v) is 9.41. The number of carbonyl (C=O) groups is 1. The summed E-state index contributed by atoms with van der Waals surface area (Å²) in [6.45, 7) is 13.4. The zero-order valence-corrected chi connectivity index (χ0v) is 28.4. The molecule has 0 aromatic heterocycles. The van der Waals surface area contributed by atoms with Crippen molar-refractivity contribution in [2.45, 2.75) is 120 Å². The van der Waals surface area contributed by atoms with Crippen LogP contribution in [0.3, 0.4) is 0 Å². The Balaban J connectivity index is 1.68. The molecule has 1 aromatic carbocycles. The monoisotopic (exact) mass is 652 g/mol. The number of hydrogen-bond donors (Lipinski definition) is 3. The molecule has 3 N–H and O–H groups in total. The highest BCUT2D eigenvalue weighted by molar-refractivity contribution is 7.86. The van der Waals surface area contributed by atoms with E-state index in [0.29, 0.717) is 5.57 Å². The molecule has 0 radical (unpaired) electrons. The molecule has 0 unspecified atom stereocenters. The van der Waals surface area contributed by atoms with Gasteiger partial charge in [0.1, 0.15) is 24.1 Å². The summed E-state index contributed by atoms with van der Waals surface area (Å²) in [4.78, 5) is 13.9. The van der Waals surface area contributed by atoms with Crippen molar-refractivity contribution in [3.8, 4) is 0 Å². The number of epoxide rings is 1. The highest BCUT2D eigenvalue weighted by Gasteiger charge is 2.84. The minimum absolute atomic E-state index is 0.0801. The van der Waals surface area contributed by atoms with E-state index in [-0.39, 0.29) is 24.5 Å². The number of aryl methyl sites for hydroxylation is 1. The molecule has 1 aromatic rings. The zero-order chi connectivity index (χ0) is 33.6. The predicted octanol–water partition coefficient (Wildman–Crippen LogP) is 2.82. The van der Waals surface area contributed by atoms with Crippen molar-refractivity contribution in [1.82, 2.24) is 0 Å². The van der Waals surface area contributed by atoms with Crippen LogP contribution in [0.4, 0.5) is 0 Å². The maximum atomic E-state index is 14.0. The summed E-state index contributed by atoms with van der Waals surface area (Å²) in [5.41, 5.74) is -7.38. The minimum Gasteiger partial charge on any atom is -0.390 e. The number of carbonyl (C=O) groups excluding carboxylic acids is 1. The lowest BCUT2D eigenvalue weighted by molar-refractivity contribution is -0.277. The largest absolute Gasteiger partial charge is 0.390 e. The summed E-state index contributed by atoms with van der Waals surface area (Å²) in [6.07, 6.45) is -2.90. The molecule has 1 heterocycles. The average Bonchev–Trinajstić information content (AvgIpc) is 3.67. The van der Waals surface area contributed by atoms with Crippen LogP contribution in [0.1, 0.15) is 66.9 Å². The van der Waals surface area contributed by atoms with Crippen LogP contribution in [0.15, 0.2) is 40.8 Å². The summed E-state index contributed by atoms with van der Waals surface area (Å²) in [6, 6.07) is 6.09. The molecule has 12 heteroatoms. The van der Waals surface area contributed by atoms with Gasteiger partial charge in [-0.2, -0.15) is 8.42 Å². The SMILES string of the molecule is COCO[C@@H]1C[C@]2(C)[C@@H](OC(C)(C)C)C[C@H](O)[C@](O)(COS(=O)(=O)c3ccc(C)cc3)[C@@H]2[C@H]2O[C@]23C(=O)C=C(C)[C@@]1(O)C3(C)C. The molecule has 252 valence electrons. The number of aliphatic hydroxyl groups excluding tert-OH is 1. The zero-order valence-electron chi connectivity index (χ0n) is 27.6. The number of rotatable bonds is 8. The molecular weight excluding hydrogens is 604 g/mol. The van der Waals surface area contributed by atoms with Gasteiger partial charge in [0.25, 0.3) is 10.1 Å². The van der Waals surface area contributed by atoms with E-state index in [9.17, 15) is 28.5 Å². The van der Waals surface area contributed by atoms with Gasteiger partial charge in [-0.05, 0) is 64.8 Å². The molecule has 3 fully saturated rings. The van der Waals surface area contributed by atoms with E-state index in [0.717, 1.165) is 5.56 Å². The van der Waals surface area contributed by atoms with Gasteiger partial charge in [-0.25, -0.2) is 0 Å². The van der Waals surface area contributed by atoms with Gasteiger partial charge < -0.3 is 34.3 Å². The van der Waals surface area contributed by atoms with E-state index in [4.69, 9.17) is 23.1 Å². The van der Waals surface area contributed by atoms with E-state index in [1.807, 2.05) is 34.6 Å². The van der Waals surface area contributed by atoms with Crippen molar-refractivity contribution in [3.05, 3.63) is 41.5 Å². The van der Waals surface area contributed by atoms with Crippen LogP contribution in [-0.2, 0) is 38.0 Å². The summed E-state index contributed by atoms with van der Waals surface area (Å²) in [5.74, 6) is -1.49. The van der Waals surface area contributed by atoms with Gasteiger partial charge in [-0.3, -0.25) is 8.98 Å². The van der Waals surface area contributed by atoms with Crippen molar-refractivity contribution < 1.29 is 51.7 Å². The normalized spacial score (nSPS) is 40.9. The van der Waals surface area contributed by atoms with E-state index in [1.54, 1.807) is 32.9 Å². The second kappa shape index (κ2) is 10.9. The van der Waals surface area contributed by atoms with Crippen LogP contribution in [0.2, 0.25) is 0 Å². The first-order chi connectivity index (χ1) is 20.6. The van der Waals surface area contributed by atoms with Crippen LogP contribution >= 0.6 is 0 Å². The van der Waals surface area contributed by atoms with Crippen LogP contribution in [0.5, 0.6) is 0 Å². The quantitative estimate of drug-likeness (QED) is 0.215. The topological polar surface area (TPSA) is 161 Å². The second-order valence-corrected chi connectivity index (χ2v) is 16.7. The lowest BCUT2D eigenvalue weighted by atomic mass is 9.46. The molecule has 2 saturated carbocycles. The Bertz CT molecular complexity index is 1460. The molecule has 11 nitrogen and oxygen atoms in total. The maximum absolute atomic E-state index is 14.0. The van der Waals surface area contributed by atoms with Gasteiger partial charge in [0, 0.05) is 30.3 Å². The van der Waals surface area contributed by atoms with Crippen LogP contribution < -0.4 is 0 Å². The van der Waals surface area contributed by atoms with Crippen molar-refractivity contribution in [1.29, 1.82) is 0 Å². The van der Waals surface area contributed by atoms with Gasteiger partial charge in [0.05, 0.1) is 35.4 Å². The summed E-state index contributed by atoms with van der Waals surface area (Å²) >= 11 is 0. The number of ether oxygens (including phenoxy) is 4. The fourth-order valence-electron chi connectivity index (χ4n) is 8.46. The molecule has 0 amide bonds. The molecule has 45 heavy (non-hydrogen) atoms. The Morgan fingerprint density at radius 1 is 1.04 bits per heavy atom. The molecule has 3 aliphatic carbocycles. The molecule has 9 atom stereocenters. The summed E-state index contributed by atoms with van der Waals surface area (Å²) < 4.78 is 56.6. The van der Waals surface area contributed by atoms with E-state index in [1.165, 1.54) is 25.3 Å². The first-order valence-corrected chi connectivity index (χ1v) is 16.8. The molecule has 5 rings (SSSR count). The Hall–Kier alpha value is -1.74. The van der Waals surface area contributed by atoms with Gasteiger partial charge in [0.15, 0.2) is 11.4 Å². The van der Waals surface area contributed by atoms with E-state index < -0.39 is 86.1 Å². The number of methoxy groups -OCH3 is 1. The molecule has 1 spiro atoms. The minimum atomic E-state index is -4.35. The molecule has 2 bridgehead atoms.